The minimum absolute atomic E-state index is 0.111. The van der Waals surface area contributed by atoms with Crippen molar-refractivity contribution in [3.63, 3.8) is 0 Å². The molecule has 0 spiro atoms. The molecule has 0 bridgehead atoms. The molecule has 4 aliphatic heterocycles. The maximum absolute atomic E-state index is 14.1. The highest BCUT2D eigenvalue weighted by molar-refractivity contribution is 5.95. The second kappa shape index (κ2) is 17.8. The predicted molar refractivity (Wildman–Crippen MR) is 222 cm³/mol. The zero-order chi connectivity index (χ0) is 44.6. The number of aryl methyl sites for hydroxylation is 2. The fourth-order valence-electron chi connectivity index (χ4n) is 8.77. The molecule has 20 nitrogen and oxygen atoms in total. The van der Waals surface area contributed by atoms with Gasteiger partial charge >= 0.3 is 12.2 Å². The van der Waals surface area contributed by atoms with Gasteiger partial charge in [0.05, 0.1) is 37.9 Å². The number of nitrogens with zero attached hydrogens (tertiary/aromatic N) is 9. The molecule has 6 aliphatic rings. The Morgan fingerprint density at radius 2 is 1.20 bits per heavy atom. The molecule has 4 aromatic rings. The molecule has 2 fully saturated rings. The Balaban J connectivity index is 0.000000162. The SMILES string of the molecule is Cc1ncc(F)c2c1C[C@@H](CNCC[C@@H]1CN(c3cnc4c(n3)NC(=O)CO4)C(=O)O1)C2.Cc1ncc(F)c2c1C[C@@H](N(C)CC[C@H]1CN(c3cnc4c(n3)NC(=O)CO4)C(=O)O1)C2. The Morgan fingerprint density at radius 3 is 1.75 bits per heavy atom. The molecule has 0 radical (unpaired) electrons. The Bertz CT molecular complexity index is 2450. The molecule has 336 valence electrons. The summed E-state index contributed by atoms with van der Waals surface area (Å²) in [4.78, 5) is 77.7. The van der Waals surface area contributed by atoms with Crippen molar-refractivity contribution in [1.29, 1.82) is 0 Å². The first-order valence-corrected chi connectivity index (χ1v) is 21.1. The molecule has 0 aromatic carbocycles. The van der Waals surface area contributed by atoms with Crippen LogP contribution in [-0.2, 0) is 44.7 Å². The van der Waals surface area contributed by atoms with Gasteiger partial charge in [0.2, 0.25) is 0 Å². The van der Waals surface area contributed by atoms with Crippen LogP contribution in [0.4, 0.5) is 41.6 Å². The van der Waals surface area contributed by atoms with E-state index in [2.05, 4.69) is 50.8 Å². The number of hydrogen-bond donors (Lipinski definition) is 3. The van der Waals surface area contributed by atoms with Crippen LogP contribution in [0.5, 0.6) is 11.8 Å². The van der Waals surface area contributed by atoms with Gasteiger partial charge < -0.3 is 39.8 Å². The van der Waals surface area contributed by atoms with E-state index in [1.165, 1.54) is 34.6 Å². The maximum Gasteiger partial charge on any atom is 0.415 e. The number of halogens is 2. The molecule has 4 atom stereocenters. The number of rotatable bonds is 11. The lowest BCUT2D eigenvalue weighted by atomic mass is 10.1. The van der Waals surface area contributed by atoms with E-state index in [1.807, 2.05) is 20.9 Å². The summed E-state index contributed by atoms with van der Waals surface area (Å²) in [6, 6.07) is 0.186. The molecule has 2 saturated heterocycles. The maximum atomic E-state index is 14.1. The molecule has 2 aliphatic carbocycles. The van der Waals surface area contributed by atoms with Crippen molar-refractivity contribution in [2.24, 2.45) is 5.92 Å². The van der Waals surface area contributed by atoms with E-state index in [1.54, 1.807) is 0 Å². The van der Waals surface area contributed by atoms with Crippen molar-refractivity contribution in [2.45, 2.75) is 70.6 Å². The van der Waals surface area contributed by atoms with Crippen molar-refractivity contribution in [1.82, 2.24) is 40.1 Å². The lowest BCUT2D eigenvalue weighted by Gasteiger charge is -2.25. The number of pyridine rings is 2. The molecular formula is C42H46F2N12O8. The first-order valence-electron chi connectivity index (χ1n) is 21.1. The molecule has 3 N–H and O–H groups in total. The zero-order valence-electron chi connectivity index (χ0n) is 35.4. The Labute approximate surface area is 365 Å². The number of anilines is 4. The molecular weight excluding hydrogens is 839 g/mol. The quantitative estimate of drug-likeness (QED) is 0.184. The highest BCUT2D eigenvalue weighted by Gasteiger charge is 2.37. The number of nitrogens with one attached hydrogen (secondary N) is 3. The van der Waals surface area contributed by atoms with Gasteiger partial charge in [-0.15, -0.1) is 0 Å². The molecule has 22 heteroatoms. The van der Waals surface area contributed by atoms with Crippen LogP contribution in [0.1, 0.15) is 46.5 Å². The van der Waals surface area contributed by atoms with Gasteiger partial charge in [-0.3, -0.25) is 29.4 Å². The minimum Gasteiger partial charge on any atom is -0.465 e. The fourth-order valence-corrected chi connectivity index (χ4v) is 8.77. The van der Waals surface area contributed by atoms with Crippen LogP contribution in [0.3, 0.4) is 0 Å². The lowest BCUT2D eigenvalue weighted by Crippen LogP contribution is -2.35. The van der Waals surface area contributed by atoms with Crippen molar-refractivity contribution in [2.75, 3.05) is 73.4 Å². The third kappa shape index (κ3) is 8.91. The van der Waals surface area contributed by atoms with Gasteiger partial charge in [-0.05, 0) is 101 Å². The monoisotopic (exact) mass is 884 g/mol. The van der Waals surface area contributed by atoms with Crippen LogP contribution in [0, 0.1) is 31.4 Å². The lowest BCUT2D eigenvalue weighted by molar-refractivity contribution is -0.119. The van der Waals surface area contributed by atoms with E-state index >= 15 is 0 Å². The van der Waals surface area contributed by atoms with Crippen LogP contribution in [0.2, 0.25) is 0 Å². The number of aromatic nitrogens is 6. The summed E-state index contributed by atoms with van der Waals surface area (Å²) < 4.78 is 49.5. The van der Waals surface area contributed by atoms with Gasteiger partial charge in [0.1, 0.15) is 23.8 Å². The summed E-state index contributed by atoms with van der Waals surface area (Å²) in [6.45, 7) is 6.39. The number of hydrogen-bond acceptors (Lipinski definition) is 16. The summed E-state index contributed by atoms with van der Waals surface area (Å²) in [6.07, 6.45) is 8.04. The van der Waals surface area contributed by atoms with Crippen molar-refractivity contribution in [3.8, 4) is 11.8 Å². The highest BCUT2D eigenvalue weighted by Crippen LogP contribution is 2.33. The van der Waals surface area contributed by atoms with E-state index in [4.69, 9.17) is 18.9 Å². The van der Waals surface area contributed by atoms with E-state index in [-0.39, 0.29) is 78.3 Å². The molecule has 64 heavy (non-hydrogen) atoms. The van der Waals surface area contributed by atoms with Gasteiger partial charge in [0, 0.05) is 24.0 Å². The number of likely N-dealkylation sites (N-methyl/N-ethyl adjacent to an activating group) is 1. The van der Waals surface area contributed by atoms with E-state index in [0.717, 1.165) is 53.0 Å². The van der Waals surface area contributed by atoms with Crippen LogP contribution in [0.25, 0.3) is 0 Å². The predicted octanol–water partition coefficient (Wildman–Crippen LogP) is 2.83. The Hall–Kier alpha value is -6.68. The van der Waals surface area contributed by atoms with Gasteiger partial charge in [0.15, 0.2) is 36.5 Å². The second-order valence-electron chi connectivity index (χ2n) is 16.6. The van der Waals surface area contributed by atoms with E-state index < -0.39 is 12.2 Å². The van der Waals surface area contributed by atoms with Crippen molar-refractivity contribution >= 4 is 47.3 Å². The van der Waals surface area contributed by atoms with Gasteiger partial charge in [-0.2, -0.15) is 0 Å². The summed E-state index contributed by atoms with van der Waals surface area (Å²) in [5, 5.41) is 8.56. The third-order valence-corrected chi connectivity index (χ3v) is 12.2. The molecule has 0 saturated carbocycles. The molecule has 10 rings (SSSR count). The zero-order valence-corrected chi connectivity index (χ0v) is 35.4. The average Bonchev–Trinajstić information content (AvgIpc) is 4.10. The number of cyclic esters (lactones) is 2. The summed E-state index contributed by atoms with van der Waals surface area (Å²) in [7, 11) is 2.00. The van der Waals surface area contributed by atoms with Crippen LogP contribution >= 0.6 is 0 Å². The van der Waals surface area contributed by atoms with Crippen LogP contribution in [0.15, 0.2) is 24.8 Å². The molecule has 4 aromatic heterocycles. The number of amides is 4. The Morgan fingerprint density at radius 1 is 0.703 bits per heavy atom. The first-order chi connectivity index (χ1) is 30.9. The smallest absolute Gasteiger partial charge is 0.415 e. The standard InChI is InChI=1S/2C21H23FN6O4/c1-11-14-5-12(6-15(14)16(22)7-23-11)27(2)4-3-13-9-28(21(30)32-13)17-8-24-20-19(25-17)26-18(29)10-31-20;1-11-14-4-12(5-15(14)16(22)7-24-11)6-23-3-2-13-9-28(21(30)32-13)17-8-25-20-19(26-17)27-18(29)10-31-20/h7-8,12-13H,3-6,9-10H2,1-2H3,(H,25,26,29);7-8,12-13,23H,2-6,9-10H2,1H3,(H,26,27,29)/t12-,13+;12-,13-/m11/s1. The first kappa shape index (κ1) is 42.6. The molecule has 4 amide bonds. The summed E-state index contributed by atoms with van der Waals surface area (Å²) in [5.74, 6) is 0.629. The van der Waals surface area contributed by atoms with Gasteiger partial charge in [-0.25, -0.2) is 38.3 Å². The van der Waals surface area contributed by atoms with Crippen LogP contribution < -0.4 is 35.2 Å². The Kier molecular flexibility index (Phi) is 11.9. The van der Waals surface area contributed by atoms with E-state index in [9.17, 15) is 28.0 Å². The van der Waals surface area contributed by atoms with Gasteiger partial charge in [0.25, 0.3) is 23.6 Å². The molecule has 0 unspecified atom stereocenters. The summed E-state index contributed by atoms with van der Waals surface area (Å²) in [5.41, 5.74) is 5.36. The number of fused-ring (bicyclic) bond motifs is 4. The number of carbonyl (C=O) groups is 4. The molecule has 8 heterocycles. The number of ether oxygens (including phenoxy) is 4. The topological polar surface area (TPSA) is 228 Å². The normalized spacial score (nSPS) is 21.7. The van der Waals surface area contributed by atoms with Crippen molar-refractivity contribution in [3.05, 3.63) is 70.1 Å². The van der Waals surface area contributed by atoms with Crippen LogP contribution in [-0.4, -0.2) is 130 Å². The average molecular weight is 885 g/mol. The largest absolute Gasteiger partial charge is 0.465 e. The van der Waals surface area contributed by atoms with Gasteiger partial charge in [-0.1, -0.05) is 0 Å². The summed E-state index contributed by atoms with van der Waals surface area (Å²) >= 11 is 0. The minimum atomic E-state index is -0.507. The number of carbonyl (C=O) groups excluding carboxylic acids is 4. The second-order valence-corrected chi connectivity index (χ2v) is 16.6. The highest BCUT2D eigenvalue weighted by atomic mass is 19.1. The fraction of sp³-hybridized carbons (Fsp3) is 0.476. The third-order valence-electron chi connectivity index (χ3n) is 12.2. The van der Waals surface area contributed by atoms with Crippen molar-refractivity contribution < 1.29 is 46.9 Å². The van der Waals surface area contributed by atoms with E-state index in [0.29, 0.717) is 69.4 Å².